The molecule has 2 aromatic rings. The summed E-state index contributed by atoms with van der Waals surface area (Å²) < 4.78 is 2.05. The summed E-state index contributed by atoms with van der Waals surface area (Å²) in [5.74, 6) is 0.308. The monoisotopic (exact) mass is 259 g/mol. The largest absolute Gasteiger partial charge is 0.508 e. The van der Waals surface area contributed by atoms with Crippen molar-refractivity contribution in [3.05, 3.63) is 48.0 Å². The average molecular weight is 259 g/mol. The lowest BCUT2D eigenvalue weighted by atomic mass is 10.0. The van der Waals surface area contributed by atoms with Gasteiger partial charge in [-0.25, -0.2) is 4.98 Å². The number of rotatable bonds is 6. The zero-order chi connectivity index (χ0) is 13.7. The summed E-state index contributed by atoms with van der Waals surface area (Å²) >= 11 is 0. The van der Waals surface area contributed by atoms with Crippen LogP contribution in [0, 0.1) is 0 Å². The highest BCUT2D eigenvalue weighted by atomic mass is 16.3. The Kier molecular flexibility index (Phi) is 4.58. The van der Waals surface area contributed by atoms with Crippen molar-refractivity contribution < 1.29 is 5.11 Å². The Morgan fingerprint density at radius 2 is 2.05 bits per heavy atom. The Bertz CT molecular complexity index is 504. The third kappa shape index (κ3) is 3.58. The van der Waals surface area contributed by atoms with Crippen LogP contribution in [-0.2, 0) is 13.5 Å². The minimum atomic E-state index is 0.247. The first-order valence-corrected chi connectivity index (χ1v) is 6.68. The molecule has 19 heavy (non-hydrogen) atoms. The summed E-state index contributed by atoms with van der Waals surface area (Å²) in [6.45, 7) is 3.14. The van der Waals surface area contributed by atoms with Crippen molar-refractivity contribution >= 4 is 0 Å². The predicted molar refractivity (Wildman–Crippen MR) is 76.1 cm³/mol. The van der Waals surface area contributed by atoms with E-state index in [2.05, 4.69) is 17.2 Å². The van der Waals surface area contributed by atoms with E-state index in [4.69, 9.17) is 0 Å². The Hall–Kier alpha value is -1.81. The van der Waals surface area contributed by atoms with Crippen LogP contribution in [0.1, 0.15) is 30.6 Å². The normalized spacial score (nSPS) is 12.5. The van der Waals surface area contributed by atoms with Gasteiger partial charge >= 0.3 is 0 Å². The van der Waals surface area contributed by atoms with Crippen molar-refractivity contribution in [3.63, 3.8) is 0 Å². The molecule has 1 unspecified atom stereocenters. The number of phenols is 1. The number of nitrogens with zero attached hydrogens (tertiary/aromatic N) is 2. The second-order valence-corrected chi connectivity index (χ2v) is 4.81. The first-order valence-electron chi connectivity index (χ1n) is 6.68. The van der Waals surface area contributed by atoms with Gasteiger partial charge < -0.3 is 15.0 Å². The van der Waals surface area contributed by atoms with Crippen LogP contribution in [0.4, 0.5) is 0 Å². The van der Waals surface area contributed by atoms with Gasteiger partial charge in [-0.05, 0) is 37.1 Å². The zero-order valence-electron chi connectivity index (χ0n) is 11.5. The van der Waals surface area contributed by atoms with E-state index in [1.165, 1.54) is 11.3 Å². The van der Waals surface area contributed by atoms with E-state index in [-0.39, 0.29) is 6.04 Å². The van der Waals surface area contributed by atoms with E-state index in [0.29, 0.717) is 5.75 Å². The van der Waals surface area contributed by atoms with E-state index in [1.54, 1.807) is 12.1 Å². The van der Waals surface area contributed by atoms with Crippen LogP contribution < -0.4 is 5.32 Å². The third-order valence-electron chi connectivity index (χ3n) is 3.23. The summed E-state index contributed by atoms with van der Waals surface area (Å²) in [7, 11) is 2.01. The molecule has 1 aromatic heterocycles. The highest BCUT2D eigenvalue weighted by molar-refractivity contribution is 5.27. The fourth-order valence-electron chi connectivity index (χ4n) is 2.17. The molecule has 0 bridgehead atoms. The number of phenolic OH excluding ortho intramolecular Hbond substituents is 1. The number of aryl methyl sites for hydroxylation is 1. The van der Waals surface area contributed by atoms with Gasteiger partial charge in [0, 0.05) is 13.2 Å². The third-order valence-corrected chi connectivity index (χ3v) is 3.23. The van der Waals surface area contributed by atoms with Crippen LogP contribution in [0.3, 0.4) is 0 Å². The summed E-state index contributed by atoms with van der Waals surface area (Å²) in [5, 5.41) is 12.9. The molecule has 0 spiro atoms. The first-order chi connectivity index (χ1) is 9.20. The van der Waals surface area contributed by atoms with E-state index < -0.39 is 0 Å². The van der Waals surface area contributed by atoms with Crippen LogP contribution >= 0.6 is 0 Å². The topological polar surface area (TPSA) is 50.1 Å². The molecule has 1 atom stereocenters. The molecule has 0 aliphatic heterocycles. The highest BCUT2D eigenvalue weighted by Gasteiger charge is 2.14. The molecule has 0 amide bonds. The highest BCUT2D eigenvalue weighted by Crippen LogP contribution is 2.19. The number of aromatic hydroxyl groups is 1. The van der Waals surface area contributed by atoms with E-state index in [1.807, 2.05) is 36.3 Å². The van der Waals surface area contributed by atoms with Gasteiger partial charge in [-0.15, -0.1) is 0 Å². The maximum absolute atomic E-state index is 9.33. The Morgan fingerprint density at radius 1 is 1.32 bits per heavy atom. The lowest BCUT2D eigenvalue weighted by Gasteiger charge is -2.19. The van der Waals surface area contributed by atoms with Gasteiger partial charge in [0.15, 0.2) is 0 Å². The molecule has 4 nitrogen and oxygen atoms in total. The first kappa shape index (κ1) is 13.6. The van der Waals surface area contributed by atoms with Crippen LogP contribution in [0.5, 0.6) is 5.75 Å². The van der Waals surface area contributed by atoms with Gasteiger partial charge in [0.2, 0.25) is 0 Å². The minimum Gasteiger partial charge on any atom is -0.508 e. The SMILES string of the molecule is CCCNC(Cc1ccc(O)cc1)c1cncn1C. The Balaban J connectivity index is 2.14. The molecular weight excluding hydrogens is 238 g/mol. The van der Waals surface area contributed by atoms with Crippen molar-refractivity contribution in [1.29, 1.82) is 0 Å². The van der Waals surface area contributed by atoms with E-state index in [0.717, 1.165) is 19.4 Å². The van der Waals surface area contributed by atoms with Crippen molar-refractivity contribution in [2.75, 3.05) is 6.54 Å². The van der Waals surface area contributed by atoms with Crippen molar-refractivity contribution in [2.24, 2.45) is 7.05 Å². The maximum atomic E-state index is 9.33. The Labute approximate surface area is 114 Å². The zero-order valence-corrected chi connectivity index (χ0v) is 11.5. The van der Waals surface area contributed by atoms with Crippen molar-refractivity contribution in [1.82, 2.24) is 14.9 Å². The summed E-state index contributed by atoms with van der Waals surface area (Å²) in [4.78, 5) is 4.19. The van der Waals surface area contributed by atoms with Crippen molar-refractivity contribution in [2.45, 2.75) is 25.8 Å². The fraction of sp³-hybridized carbons (Fsp3) is 0.400. The number of aromatic nitrogens is 2. The fourth-order valence-corrected chi connectivity index (χ4v) is 2.17. The van der Waals surface area contributed by atoms with Crippen LogP contribution in [-0.4, -0.2) is 21.2 Å². The van der Waals surface area contributed by atoms with Gasteiger partial charge in [-0.2, -0.15) is 0 Å². The van der Waals surface area contributed by atoms with Crippen LogP contribution in [0.2, 0.25) is 0 Å². The smallest absolute Gasteiger partial charge is 0.115 e. The molecule has 0 saturated heterocycles. The molecule has 0 radical (unpaired) electrons. The number of imidazole rings is 1. The lowest BCUT2D eigenvalue weighted by Crippen LogP contribution is -2.25. The molecule has 0 aliphatic carbocycles. The minimum absolute atomic E-state index is 0.247. The van der Waals surface area contributed by atoms with Gasteiger partial charge in [-0.3, -0.25) is 0 Å². The maximum Gasteiger partial charge on any atom is 0.115 e. The molecule has 4 heteroatoms. The van der Waals surface area contributed by atoms with Gasteiger partial charge in [-0.1, -0.05) is 19.1 Å². The van der Waals surface area contributed by atoms with E-state index >= 15 is 0 Å². The average Bonchev–Trinajstić information content (AvgIpc) is 2.83. The summed E-state index contributed by atoms with van der Waals surface area (Å²) in [5.41, 5.74) is 2.38. The van der Waals surface area contributed by atoms with Crippen molar-refractivity contribution in [3.8, 4) is 5.75 Å². The summed E-state index contributed by atoms with van der Waals surface area (Å²) in [6, 6.07) is 7.64. The predicted octanol–water partition coefficient (Wildman–Crippen LogP) is 2.41. The number of nitrogens with one attached hydrogen (secondary N) is 1. The molecule has 1 heterocycles. The molecular formula is C15H21N3O. The molecule has 0 aliphatic rings. The molecule has 2 N–H and O–H groups in total. The Morgan fingerprint density at radius 3 is 2.63 bits per heavy atom. The molecule has 0 fully saturated rings. The number of hydrogen-bond acceptors (Lipinski definition) is 3. The van der Waals surface area contributed by atoms with Gasteiger partial charge in [0.05, 0.1) is 18.1 Å². The van der Waals surface area contributed by atoms with Crippen LogP contribution in [0.15, 0.2) is 36.8 Å². The van der Waals surface area contributed by atoms with Gasteiger partial charge in [0.1, 0.15) is 5.75 Å². The number of hydrogen-bond donors (Lipinski definition) is 2. The molecule has 0 saturated carbocycles. The second kappa shape index (κ2) is 6.38. The molecule has 1 aromatic carbocycles. The second-order valence-electron chi connectivity index (χ2n) is 4.81. The standard InChI is InChI=1S/C15H21N3O/c1-3-8-17-14(15-10-16-11-18(15)2)9-12-4-6-13(19)7-5-12/h4-7,10-11,14,17,19H,3,8-9H2,1-2H3. The number of benzene rings is 1. The van der Waals surface area contributed by atoms with Crippen LogP contribution in [0.25, 0.3) is 0 Å². The van der Waals surface area contributed by atoms with E-state index in [9.17, 15) is 5.11 Å². The molecule has 2 rings (SSSR count). The quantitative estimate of drug-likeness (QED) is 0.837. The summed E-state index contributed by atoms with van der Waals surface area (Å²) in [6.07, 6.45) is 5.73. The lowest BCUT2D eigenvalue weighted by molar-refractivity contribution is 0.474. The van der Waals surface area contributed by atoms with Gasteiger partial charge in [0.25, 0.3) is 0 Å². The molecule has 102 valence electrons.